The Morgan fingerprint density at radius 2 is 1.78 bits per heavy atom. The van der Waals surface area contributed by atoms with Crippen LogP contribution in [0.15, 0.2) is 0 Å². The molecule has 0 amide bonds. The Hall–Kier alpha value is -0.170. The van der Waals surface area contributed by atoms with Gasteiger partial charge in [0.05, 0.1) is 6.26 Å². The second kappa shape index (κ2) is 7.38. The highest BCUT2D eigenvalue weighted by molar-refractivity contribution is 7.88. The number of hydrogen-bond acceptors (Lipinski definition) is 4. The fourth-order valence-electron chi connectivity index (χ4n) is 5.01. The lowest BCUT2D eigenvalue weighted by atomic mass is 9.75. The molecule has 0 bridgehead atoms. The molecule has 0 unspecified atom stereocenters. The van der Waals surface area contributed by atoms with E-state index < -0.39 is 10.0 Å². The summed E-state index contributed by atoms with van der Waals surface area (Å²) in [5.74, 6) is 0.427. The van der Waals surface area contributed by atoms with Gasteiger partial charge in [-0.25, -0.2) is 13.1 Å². The van der Waals surface area contributed by atoms with E-state index >= 15 is 0 Å². The highest BCUT2D eigenvalue weighted by Crippen LogP contribution is 2.46. The molecular weight excluding hydrogens is 312 g/mol. The fourth-order valence-corrected chi connectivity index (χ4v) is 5.87. The molecule has 1 saturated heterocycles. The second-order valence-electron chi connectivity index (χ2n) is 7.87. The first-order chi connectivity index (χ1) is 11.0. The Morgan fingerprint density at radius 1 is 1.04 bits per heavy atom. The average molecular weight is 345 g/mol. The predicted molar refractivity (Wildman–Crippen MR) is 91.9 cm³/mol. The third kappa shape index (κ3) is 4.47. The predicted octanol–water partition coefficient (Wildman–Crippen LogP) is 2.03. The van der Waals surface area contributed by atoms with Crippen LogP contribution < -0.4 is 10.0 Å². The molecule has 134 valence electrons. The Kier molecular flexibility index (Phi) is 5.66. The molecule has 0 aromatic rings. The summed E-state index contributed by atoms with van der Waals surface area (Å²) in [6, 6.07) is 0.700. The van der Waals surface area contributed by atoms with Crippen molar-refractivity contribution in [2.75, 3.05) is 26.0 Å². The van der Waals surface area contributed by atoms with Crippen LogP contribution in [0.5, 0.6) is 0 Å². The van der Waals surface area contributed by atoms with E-state index in [0.717, 1.165) is 39.0 Å². The maximum Gasteiger partial charge on any atom is 0.208 e. The first kappa shape index (κ1) is 17.6. The van der Waals surface area contributed by atoms with Crippen molar-refractivity contribution in [2.24, 2.45) is 11.3 Å². The molecule has 1 aliphatic heterocycles. The maximum absolute atomic E-state index is 11.6. The molecular formula is C17H32N2O3S. The van der Waals surface area contributed by atoms with Gasteiger partial charge in [-0.1, -0.05) is 19.3 Å². The zero-order valence-corrected chi connectivity index (χ0v) is 15.2. The monoisotopic (exact) mass is 344 g/mol. The summed E-state index contributed by atoms with van der Waals surface area (Å²) in [5.41, 5.74) is 0.437. The zero-order chi connectivity index (χ0) is 16.3. The minimum Gasteiger partial charge on any atom is -0.381 e. The normalized spacial score (nSPS) is 34.7. The molecule has 0 aromatic heterocycles. The minimum absolute atomic E-state index is 0.110. The van der Waals surface area contributed by atoms with Crippen molar-refractivity contribution in [1.29, 1.82) is 0 Å². The number of rotatable bonds is 5. The van der Waals surface area contributed by atoms with Crippen LogP contribution in [0, 0.1) is 11.3 Å². The molecule has 1 heterocycles. The minimum atomic E-state index is -3.12. The lowest BCUT2D eigenvalue weighted by Crippen LogP contribution is -2.50. The third-order valence-electron chi connectivity index (χ3n) is 6.30. The number of ether oxygens (including phenoxy) is 1. The van der Waals surface area contributed by atoms with Crippen LogP contribution in [-0.4, -0.2) is 46.5 Å². The topological polar surface area (TPSA) is 67.4 Å². The molecule has 6 heteroatoms. The lowest BCUT2D eigenvalue weighted by molar-refractivity contribution is 0.00341. The molecule has 2 N–H and O–H groups in total. The van der Waals surface area contributed by atoms with Gasteiger partial charge in [0.25, 0.3) is 0 Å². The van der Waals surface area contributed by atoms with Crippen LogP contribution in [0.1, 0.15) is 57.8 Å². The molecule has 0 radical (unpaired) electrons. The van der Waals surface area contributed by atoms with Crippen LogP contribution in [0.25, 0.3) is 0 Å². The number of hydrogen-bond donors (Lipinski definition) is 2. The van der Waals surface area contributed by atoms with E-state index in [9.17, 15) is 8.42 Å². The summed E-state index contributed by atoms with van der Waals surface area (Å²) in [7, 11) is -3.12. The van der Waals surface area contributed by atoms with E-state index in [2.05, 4.69) is 10.0 Å². The summed E-state index contributed by atoms with van der Waals surface area (Å²) in [6.45, 7) is 2.75. The first-order valence-corrected chi connectivity index (χ1v) is 11.2. The van der Waals surface area contributed by atoms with E-state index in [0.29, 0.717) is 17.4 Å². The summed E-state index contributed by atoms with van der Waals surface area (Å²) < 4.78 is 31.6. The van der Waals surface area contributed by atoms with Crippen LogP contribution in [0.4, 0.5) is 0 Å². The van der Waals surface area contributed by atoms with Gasteiger partial charge in [0.15, 0.2) is 0 Å². The molecule has 5 nitrogen and oxygen atoms in total. The van der Waals surface area contributed by atoms with Gasteiger partial charge >= 0.3 is 0 Å². The van der Waals surface area contributed by atoms with E-state index in [-0.39, 0.29) is 6.04 Å². The van der Waals surface area contributed by atoms with Crippen LogP contribution in [0.2, 0.25) is 0 Å². The number of nitrogens with one attached hydrogen (secondary N) is 2. The van der Waals surface area contributed by atoms with Crippen molar-refractivity contribution in [3.05, 3.63) is 0 Å². The Morgan fingerprint density at radius 3 is 2.52 bits per heavy atom. The summed E-state index contributed by atoms with van der Waals surface area (Å²) in [4.78, 5) is 0. The van der Waals surface area contributed by atoms with Crippen LogP contribution in [0.3, 0.4) is 0 Å². The van der Waals surface area contributed by atoms with Gasteiger partial charge in [-0.2, -0.15) is 0 Å². The van der Waals surface area contributed by atoms with E-state index in [1.165, 1.54) is 44.8 Å². The van der Waals surface area contributed by atoms with E-state index in [1.807, 2.05) is 0 Å². The molecule has 3 atom stereocenters. The maximum atomic E-state index is 11.6. The van der Waals surface area contributed by atoms with Crippen LogP contribution in [-0.2, 0) is 14.8 Å². The largest absolute Gasteiger partial charge is 0.381 e. The summed E-state index contributed by atoms with van der Waals surface area (Å²) >= 11 is 0. The summed E-state index contributed by atoms with van der Waals surface area (Å²) in [5, 5.41) is 3.84. The van der Waals surface area contributed by atoms with Crippen molar-refractivity contribution < 1.29 is 13.2 Å². The zero-order valence-electron chi connectivity index (χ0n) is 14.4. The smallest absolute Gasteiger partial charge is 0.208 e. The van der Waals surface area contributed by atoms with Gasteiger partial charge < -0.3 is 10.1 Å². The third-order valence-corrected chi connectivity index (χ3v) is 7.03. The van der Waals surface area contributed by atoms with Crippen molar-refractivity contribution >= 4 is 10.0 Å². The van der Waals surface area contributed by atoms with Crippen molar-refractivity contribution in [1.82, 2.24) is 10.0 Å². The SMILES string of the molecule is CS(=O)(=O)N[C@@H]1CCCC[C@@H]1CN[C@@H]1CCCC12CCOCC2. The second-order valence-corrected chi connectivity index (χ2v) is 9.65. The van der Waals surface area contributed by atoms with E-state index in [1.54, 1.807) is 0 Å². The Bertz CT molecular complexity index is 488. The number of sulfonamides is 1. The van der Waals surface area contributed by atoms with Crippen molar-refractivity contribution in [2.45, 2.75) is 69.9 Å². The standard InChI is InChI=1S/C17H32N2O3S/c1-23(20,21)19-15-6-3-2-5-14(15)13-18-16-7-4-8-17(16)9-11-22-12-10-17/h14-16,18-19H,2-13H2,1H3/t14-,15-,16-/m1/s1. The Labute approximate surface area is 141 Å². The first-order valence-electron chi connectivity index (χ1n) is 9.27. The van der Waals surface area contributed by atoms with Gasteiger partial charge in [-0.15, -0.1) is 0 Å². The van der Waals surface area contributed by atoms with Gasteiger partial charge in [0.1, 0.15) is 0 Å². The highest BCUT2D eigenvalue weighted by atomic mass is 32.2. The van der Waals surface area contributed by atoms with E-state index in [4.69, 9.17) is 4.74 Å². The molecule has 2 aliphatic carbocycles. The van der Waals surface area contributed by atoms with Gasteiger partial charge in [0.2, 0.25) is 10.0 Å². The average Bonchev–Trinajstić information content (AvgIpc) is 2.88. The van der Waals surface area contributed by atoms with Crippen molar-refractivity contribution in [3.8, 4) is 0 Å². The molecule has 3 rings (SSSR count). The molecule has 3 aliphatic rings. The highest BCUT2D eigenvalue weighted by Gasteiger charge is 2.43. The van der Waals surface area contributed by atoms with Crippen molar-refractivity contribution in [3.63, 3.8) is 0 Å². The molecule has 23 heavy (non-hydrogen) atoms. The molecule has 0 aromatic carbocycles. The lowest BCUT2D eigenvalue weighted by Gasteiger charge is -2.41. The van der Waals surface area contributed by atoms with Gasteiger partial charge in [-0.3, -0.25) is 0 Å². The quantitative estimate of drug-likeness (QED) is 0.801. The molecule has 2 saturated carbocycles. The molecule has 1 spiro atoms. The molecule has 3 fully saturated rings. The summed E-state index contributed by atoms with van der Waals surface area (Å²) in [6.07, 6.45) is 12.0. The fraction of sp³-hybridized carbons (Fsp3) is 1.00. The van der Waals surface area contributed by atoms with Gasteiger partial charge in [-0.05, 0) is 56.4 Å². The van der Waals surface area contributed by atoms with Gasteiger partial charge in [0, 0.05) is 25.3 Å². The van der Waals surface area contributed by atoms with Crippen LogP contribution >= 0.6 is 0 Å². The Balaban J connectivity index is 1.57.